The standard InChI is InChI=1S/C11H20N2O2/c1-4-5-6-13-10(14)8-12(11(13)15)7-9(2)3/h9H,4-8H2,1-3H3. The number of carbonyl (C=O) groups excluding carboxylic acids is 2. The number of carbonyl (C=O) groups is 2. The Hall–Kier alpha value is -1.06. The van der Waals surface area contributed by atoms with Crippen molar-refractivity contribution in [3.05, 3.63) is 0 Å². The van der Waals surface area contributed by atoms with Crippen molar-refractivity contribution in [2.24, 2.45) is 5.92 Å². The van der Waals surface area contributed by atoms with E-state index in [4.69, 9.17) is 0 Å². The number of nitrogens with zero attached hydrogens (tertiary/aromatic N) is 2. The zero-order valence-electron chi connectivity index (χ0n) is 9.82. The van der Waals surface area contributed by atoms with Crippen LogP contribution in [-0.2, 0) is 4.79 Å². The van der Waals surface area contributed by atoms with Crippen LogP contribution in [0.4, 0.5) is 4.79 Å². The second-order valence-electron chi connectivity index (χ2n) is 4.46. The van der Waals surface area contributed by atoms with E-state index in [-0.39, 0.29) is 18.5 Å². The third kappa shape index (κ3) is 2.94. The lowest BCUT2D eigenvalue weighted by molar-refractivity contribution is -0.125. The van der Waals surface area contributed by atoms with E-state index in [0.717, 1.165) is 12.8 Å². The maximum absolute atomic E-state index is 11.8. The van der Waals surface area contributed by atoms with Gasteiger partial charge in [-0.3, -0.25) is 9.69 Å². The summed E-state index contributed by atoms with van der Waals surface area (Å²) < 4.78 is 0. The molecule has 3 amide bonds. The molecule has 0 aromatic heterocycles. The van der Waals surface area contributed by atoms with Gasteiger partial charge in [0, 0.05) is 13.1 Å². The highest BCUT2D eigenvalue weighted by Crippen LogP contribution is 2.13. The molecular weight excluding hydrogens is 192 g/mol. The van der Waals surface area contributed by atoms with Crippen LogP contribution >= 0.6 is 0 Å². The third-order valence-corrected chi connectivity index (χ3v) is 2.45. The molecule has 0 saturated carbocycles. The zero-order chi connectivity index (χ0) is 11.4. The van der Waals surface area contributed by atoms with Gasteiger partial charge in [-0.2, -0.15) is 0 Å². The van der Waals surface area contributed by atoms with Crippen molar-refractivity contribution >= 4 is 11.9 Å². The monoisotopic (exact) mass is 212 g/mol. The number of unbranched alkanes of at least 4 members (excludes halogenated alkanes) is 1. The SMILES string of the molecule is CCCCN1C(=O)CN(CC(C)C)C1=O. The summed E-state index contributed by atoms with van der Waals surface area (Å²) in [6.07, 6.45) is 1.90. The second-order valence-corrected chi connectivity index (χ2v) is 4.46. The number of rotatable bonds is 5. The molecule has 0 unspecified atom stereocenters. The minimum Gasteiger partial charge on any atom is -0.315 e. The molecule has 1 heterocycles. The van der Waals surface area contributed by atoms with Gasteiger partial charge in [0.25, 0.3) is 0 Å². The minimum atomic E-state index is -0.109. The van der Waals surface area contributed by atoms with Gasteiger partial charge in [0.1, 0.15) is 6.54 Å². The normalized spacial score (nSPS) is 17.1. The summed E-state index contributed by atoms with van der Waals surface area (Å²) in [6, 6.07) is -0.109. The Morgan fingerprint density at radius 3 is 2.53 bits per heavy atom. The molecule has 0 radical (unpaired) electrons. The summed E-state index contributed by atoms with van der Waals surface area (Å²) in [5, 5.41) is 0. The summed E-state index contributed by atoms with van der Waals surface area (Å²) in [6.45, 7) is 7.66. The van der Waals surface area contributed by atoms with E-state index >= 15 is 0 Å². The Kier molecular flexibility index (Phi) is 4.12. The minimum absolute atomic E-state index is 0.0471. The molecule has 0 aromatic carbocycles. The van der Waals surface area contributed by atoms with Crippen LogP contribution in [0.15, 0.2) is 0 Å². The summed E-state index contributed by atoms with van der Waals surface area (Å²) in [4.78, 5) is 26.4. The molecule has 0 atom stereocenters. The van der Waals surface area contributed by atoms with Crippen LogP contribution in [0.2, 0.25) is 0 Å². The van der Waals surface area contributed by atoms with Gasteiger partial charge in [-0.15, -0.1) is 0 Å². The smallest absolute Gasteiger partial charge is 0.315 e. The molecule has 1 rings (SSSR count). The highest BCUT2D eigenvalue weighted by atomic mass is 16.2. The molecule has 1 saturated heterocycles. The molecule has 1 aliphatic heterocycles. The van der Waals surface area contributed by atoms with Gasteiger partial charge in [-0.1, -0.05) is 27.2 Å². The van der Waals surface area contributed by atoms with Gasteiger partial charge in [-0.05, 0) is 12.3 Å². The molecular formula is C11H20N2O2. The number of hydrogen-bond acceptors (Lipinski definition) is 2. The van der Waals surface area contributed by atoms with Crippen molar-refractivity contribution in [1.82, 2.24) is 9.80 Å². The number of urea groups is 1. The Labute approximate surface area is 91.2 Å². The predicted octanol–water partition coefficient (Wildman–Crippen LogP) is 1.71. The van der Waals surface area contributed by atoms with Crippen LogP contribution < -0.4 is 0 Å². The van der Waals surface area contributed by atoms with Crippen molar-refractivity contribution < 1.29 is 9.59 Å². The van der Waals surface area contributed by atoms with E-state index in [2.05, 4.69) is 6.92 Å². The van der Waals surface area contributed by atoms with Crippen molar-refractivity contribution in [1.29, 1.82) is 0 Å². The van der Waals surface area contributed by atoms with E-state index < -0.39 is 0 Å². The van der Waals surface area contributed by atoms with Crippen LogP contribution in [0.3, 0.4) is 0 Å². The lowest BCUT2D eigenvalue weighted by Gasteiger charge is -2.18. The number of hydrogen-bond donors (Lipinski definition) is 0. The van der Waals surface area contributed by atoms with Gasteiger partial charge >= 0.3 is 6.03 Å². The van der Waals surface area contributed by atoms with E-state index in [0.29, 0.717) is 19.0 Å². The van der Waals surface area contributed by atoms with Crippen LogP contribution in [0, 0.1) is 5.92 Å². The summed E-state index contributed by atoms with van der Waals surface area (Å²) >= 11 is 0. The first-order chi connectivity index (χ1) is 7.06. The molecule has 0 aromatic rings. The highest BCUT2D eigenvalue weighted by Gasteiger charge is 2.35. The topological polar surface area (TPSA) is 40.6 Å². The Morgan fingerprint density at radius 1 is 1.33 bits per heavy atom. The summed E-state index contributed by atoms with van der Waals surface area (Å²) in [7, 11) is 0. The van der Waals surface area contributed by atoms with E-state index in [9.17, 15) is 9.59 Å². The summed E-state index contributed by atoms with van der Waals surface area (Å²) in [5.41, 5.74) is 0. The molecule has 0 bridgehead atoms. The fourth-order valence-corrected chi connectivity index (χ4v) is 1.71. The highest BCUT2D eigenvalue weighted by molar-refractivity contribution is 6.01. The maximum Gasteiger partial charge on any atom is 0.327 e. The van der Waals surface area contributed by atoms with Crippen molar-refractivity contribution in [2.75, 3.05) is 19.6 Å². The van der Waals surface area contributed by atoms with Crippen LogP contribution in [0.25, 0.3) is 0 Å². The third-order valence-electron chi connectivity index (χ3n) is 2.45. The molecule has 15 heavy (non-hydrogen) atoms. The Morgan fingerprint density at radius 2 is 2.00 bits per heavy atom. The van der Waals surface area contributed by atoms with Crippen molar-refractivity contribution in [3.8, 4) is 0 Å². The Balaban J connectivity index is 2.54. The molecule has 0 spiro atoms. The van der Waals surface area contributed by atoms with Crippen molar-refractivity contribution in [3.63, 3.8) is 0 Å². The van der Waals surface area contributed by atoms with Crippen LogP contribution in [0.5, 0.6) is 0 Å². The average Bonchev–Trinajstić information content (AvgIpc) is 2.39. The largest absolute Gasteiger partial charge is 0.327 e. The first-order valence-electron chi connectivity index (χ1n) is 5.65. The maximum atomic E-state index is 11.8. The Bertz CT molecular complexity index is 251. The fraction of sp³-hybridized carbons (Fsp3) is 0.818. The molecule has 1 fully saturated rings. The lowest BCUT2D eigenvalue weighted by Crippen LogP contribution is -2.35. The number of imide groups is 1. The molecule has 0 N–H and O–H groups in total. The van der Waals surface area contributed by atoms with Gasteiger partial charge < -0.3 is 4.90 Å². The molecule has 4 nitrogen and oxygen atoms in total. The van der Waals surface area contributed by atoms with Crippen LogP contribution in [0.1, 0.15) is 33.6 Å². The fourth-order valence-electron chi connectivity index (χ4n) is 1.71. The molecule has 86 valence electrons. The van der Waals surface area contributed by atoms with Crippen LogP contribution in [-0.4, -0.2) is 41.4 Å². The molecule has 4 heteroatoms. The first-order valence-corrected chi connectivity index (χ1v) is 5.65. The van der Waals surface area contributed by atoms with E-state index in [1.165, 1.54) is 4.90 Å². The predicted molar refractivity (Wildman–Crippen MR) is 58.4 cm³/mol. The summed E-state index contributed by atoms with van der Waals surface area (Å²) in [5.74, 6) is 0.363. The van der Waals surface area contributed by atoms with Gasteiger partial charge in [0.15, 0.2) is 0 Å². The average molecular weight is 212 g/mol. The van der Waals surface area contributed by atoms with Gasteiger partial charge in [0.2, 0.25) is 5.91 Å². The lowest BCUT2D eigenvalue weighted by atomic mass is 10.2. The molecule has 1 aliphatic rings. The number of amides is 3. The van der Waals surface area contributed by atoms with Crippen molar-refractivity contribution in [2.45, 2.75) is 33.6 Å². The zero-order valence-corrected chi connectivity index (χ0v) is 9.82. The quantitative estimate of drug-likeness (QED) is 0.651. The van der Waals surface area contributed by atoms with E-state index in [1.54, 1.807) is 4.90 Å². The van der Waals surface area contributed by atoms with Gasteiger partial charge in [0.05, 0.1) is 0 Å². The molecule has 0 aliphatic carbocycles. The van der Waals surface area contributed by atoms with E-state index in [1.807, 2.05) is 13.8 Å². The second kappa shape index (κ2) is 5.14. The first kappa shape index (κ1) is 12.0. The van der Waals surface area contributed by atoms with Gasteiger partial charge in [-0.25, -0.2) is 4.79 Å².